The first-order valence-corrected chi connectivity index (χ1v) is 4.33. The number of hydrogen-bond acceptors (Lipinski definition) is 4. The van der Waals surface area contributed by atoms with Gasteiger partial charge in [-0.25, -0.2) is 0 Å². The molecule has 0 fully saturated rings. The molecule has 0 unspecified atom stereocenters. The number of nitrogen functional groups attached to an aromatic ring is 1. The van der Waals surface area contributed by atoms with E-state index in [-0.39, 0.29) is 0 Å². The van der Waals surface area contributed by atoms with Gasteiger partial charge in [-0.15, -0.1) is 0 Å². The summed E-state index contributed by atoms with van der Waals surface area (Å²) in [6, 6.07) is 5.69. The van der Waals surface area contributed by atoms with E-state index in [1.807, 2.05) is 25.1 Å². The highest BCUT2D eigenvalue weighted by atomic mass is 16.5. The summed E-state index contributed by atoms with van der Waals surface area (Å²) in [6.07, 6.45) is 0. The highest BCUT2D eigenvalue weighted by Gasteiger charge is 2.06. The van der Waals surface area contributed by atoms with Crippen molar-refractivity contribution >= 4 is 5.69 Å². The molecule has 0 radical (unpaired) electrons. The maximum atomic E-state index is 5.77. The molecule has 14 heavy (non-hydrogen) atoms. The topological polar surface area (TPSA) is 64.9 Å². The molecule has 4 heteroatoms. The summed E-state index contributed by atoms with van der Waals surface area (Å²) in [5.41, 5.74) is 8.41. The Kier molecular flexibility index (Phi) is 1.96. The fourth-order valence-electron chi connectivity index (χ4n) is 1.19. The fourth-order valence-corrected chi connectivity index (χ4v) is 1.19. The number of rotatable bonds is 1. The van der Waals surface area contributed by atoms with Crippen molar-refractivity contribution in [3.05, 3.63) is 29.6 Å². The van der Waals surface area contributed by atoms with E-state index in [4.69, 9.17) is 10.3 Å². The second kappa shape index (κ2) is 3.14. The molecule has 2 aromatic rings. The van der Waals surface area contributed by atoms with Crippen LogP contribution in [0.2, 0.25) is 0 Å². The van der Waals surface area contributed by atoms with Crippen LogP contribution in [0.3, 0.4) is 0 Å². The average molecular weight is 189 g/mol. The SMILES string of the molecule is Cc1noc(-c2ccc(C)c(N)c2)n1. The van der Waals surface area contributed by atoms with Crippen LogP contribution < -0.4 is 5.73 Å². The number of anilines is 1. The van der Waals surface area contributed by atoms with Crippen molar-refractivity contribution in [2.75, 3.05) is 5.73 Å². The second-order valence-electron chi connectivity index (χ2n) is 3.22. The Bertz CT molecular complexity index is 462. The van der Waals surface area contributed by atoms with E-state index in [1.165, 1.54) is 0 Å². The zero-order chi connectivity index (χ0) is 10.1. The molecule has 0 atom stereocenters. The van der Waals surface area contributed by atoms with Crippen LogP contribution in [0.5, 0.6) is 0 Å². The van der Waals surface area contributed by atoms with E-state index in [1.54, 1.807) is 6.92 Å². The van der Waals surface area contributed by atoms with Gasteiger partial charge in [-0.1, -0.05) is 11.2 Å². The Morgan fingerprint density at radius 3 is 2.64 bits per heavy atom. The molecular weight excluding hydrogens is 178 g/mol. The third kappa shape index (κ3) is 1.46. The summed E-state index contributed by atoms with van der Waals surface area (Å²) in [5, 5.41) is 3.72. The molecule has 0 saturated carbocycles. The standard InChI is InChI=1S/C10H11N3O/c1-6-3-4-8(5-9(6)11)10-12-7(2)13-14-10/h3-5H,11H2,1-2H3. The van der Waals surface area contributed by atoms with Gasteiger partial charge in [0.05, 0.1) is 0 Å². The molecule has 72 valence electrons. The molecule has 1 aromatic carbocycles. The number of nitrogens with two attached hydrogens (primary N) is 1. The maximum absolute atomic E-state index is 5.77. The van der Waals surface area contributed by atoms with Crippen LogP contribution in [0, 0.1) is 13.8 Å². The molecule has 0 aliphatic heterocycles. The van der Waals surface area contributed by atoms with Crippen LogP contribution in [0.15, 0.2) is 22.7 Å². The zero-order valence-corrected chi connectivity index (χ0v) is 8.11. The molecule has 2 rings (SSSR count). The lowest BCUT2D eigenvalue weighted by Gasteiger charge is -2.00. The summed E-state index contributed by atoms with van der Waals surface area (Å²) in [4.78, 5) is 4.12. The van der Waals surface area contributed by atoms with E-state index < -0.39 is 0 Å². The number of hydrogen-bond donors (Lipinski definition) is 1. The third-order valence-electron chi connectivity index (χ3n) is 2.05. The number of aryl methyl sites for hydroxylation is 2. The van der Waals surface area contributed by atoms with Crippen LogP contribution in [0.1, 0.15) is 11.4 Å². The van der Waals surface area contributed by atoms with E-state index >= 15 is 0 Å². The third-order valence-corrected chi connectivity index (χ3v) is 2.05. The van der Waals surface area contributed by atoms with Crippen molar-refractivity contribution in [2.24, 2.45) is 0 Å². The molecule has 4 nitrogen and oxygen atoms in total. The minimum atomic E-state index is 0.509. The quantitative estimate of drug-likeness (QED) is 0.696. The van der Waals surface area contributed by atoms with Crippen molar-refractivity contribution in [1.29, 1.82) is 0 Å². The normalized spacial score (nSPS) is 10.4. The lowest BCUT2D eigenvalue weighted by atomic mass is 10.1. The second-order valence-corrected chi connectivity index (χ2v) is 3.22. The highest BCUT2D eigenvalue weighted by Crippen LogP contribution is 2.21. The Labute approximate surface area is 81.7 Å². The summed E-state index contributed by atoms with van der Waals surface area (Å²) in [6.45, 7) is 3.74. The van der Waals surface area contributed by atoms with Crippen molar-refractivity contribution in [3.8, 4) is 11.5 Å². The van der Waals surface area contributed by atoms with Gasteiger partial charge < -0.3 is 10.3 Å². The molecule has 1 aromatic heterocycles. The van der Waals surface area contributed by atoms with E-state index in [0.717, 1.165) is 16.8 Å². The minimum absolute atomic E-state index is 0.509. The predicted molar refractivity (Wildman–Crippen MR) is 53.6 cm³/mol. The summed E-state index contributed by atoms with van der Waals surface area (Å²) < 4.78 is 5.03. The smallest absolute Gasteiger partial charge is 0.257 e. The van der Waals surface area contributed by atoms with Gasteiger partial charge >= 0.3 is 0 Å². The monoisotopic (exact) mass is 189 g/mol. The van der Waals surface area contributed by atoms with E-state index in [0.29, 0.717) is 11.7 Å². The molecule has 0 bridgehead atoms. The van der Waals surface area contributed by atoms with Gasteiger partial charge in [0.25, 0.3) is 5.89 Å². The summed E-state index contributed by atoms with van der Waals surface area (Å²) in [7, 11) is 0. The minimum Gasteiger partial charge on any atom is -0.398 e. The molecule has 0 spiro atoms. The molecule has 1 heterocycles. The van der Waals surface area contributed by atoms with Gasteiger partial charge in [-0.2, -0.15) is 4.98 Å². The summed E-state index contributed by atoms with van der Waals surface area (Å²) in [5.74, 6) is 1.13. The lowest BCUT2D eigenvalue weighted by molar-refractivity contribution is 0.425. The lowest BCUT2D eigenvalue weighted by Crippen LogP contribution is -1.89. The van der Waals surface area contributed by atoms with Gasteiger partial charge in [-0.05, 0) is 31.5 Å². The van der Waals surface area contributed by atoms with Crippen LogP contribution in [-0.4, -0.2) is 10.1 Å². The van der Waals surface area contributed by atoms with Crippen molar-refractivity contribution < 1.29 is 4.52 Å². The Hall–Kier alpha value is -1.84. The van der Waals surface area contributed by atoms with E-state index in [2.05, 4.69) is 10.1 Å². The first kappa shape index (κ1) is 8.74. The van der Waals surface area contributed by atoms with Gasteiger partial charge in [0.1, 0.15) is 0 Å². The van der Waals surface area contributed by atoms with Gasteiger partial charge in [0.15, 0.2) is 5.82 Å². The van der Waals surface area contributed by atoms with Gasteiger partial charge in [0.2, 0.25) is 0 Å². The maximum Gasteiger partial charge on any atom is 0.257 e. The molecule has 0 aliphatic carbocycles. The molecule has 2 N–H and O–H groups in total. The van der Waals surface area contributed by atoms with Crippen LogP contribution in [-0.2, 0) is 0 Å². The van der Waals surface area contributed by atoms with Crippen molar-refractivity contribution in [3.63, 3.8) is 0 Å². The van der Waals surface area contributed by atoms with Crippen molar-refractivity contribution in [1.82, 2.24) is 10.1 Å². The molecule has 0 amide bonds. The number of aromatic nitrogens is 2. The fraction of sp³-hybridized carbons (Fsp3) is 0.200. The Balaban J connectivity index is 2.47. The Morgan fingerprint density at radius 2 is 2.07 bits per heavy atom. The van der Waals surface area contributed by atoms with Gasteiger partial charge in [0, 0.05) is 11.3 Å². The zero-order valence-electron chi connectivity index (χ0n) is 8.11. The predicted octanol–water partition coefficient (Wildman–Crippen LogP) is 1.94. The van der Waals surface area contributed by atoms with E-state index in [9.17, 15) is 0 Å². The molecule has 0 aliphatic rings. The highest BCUT2D eigenvalue weighted by molar-refractivity contribution is 5.62. The first-order valence-electron chi connectivity index (χ1n) is 4.33. The van der Waals surface area contributed by atoms with Crippen LogP contribution in [0.25, 0.3) is 11.5 Å². The largest absolute Gasteiger partial charge is 0.398 e. The number of benzene rings is 1. The average Bonchev–Trinajstić information content (AvgIpc) is 2.57. The Morgan fingerprint density at radius 1 is 1.29 bits per heavy atom. The van der Waals surface area contributed by atoms with Gasteiger partial charge in [-0.3, -0.25) is 0 Å². The first-order chi connectivity index (χ1) is 6.66. The van der Waals surface area contributed by atoms with Crippen molar-refractivity contribution in [2.45, 2.75) is 13.8 Å². The summed E-state index contributed by atoms with van der Waals surface area (Å²) >= 11 is 0. The van der Waals surface area contributed by atoms with Crippen LogP contribution >= 0.6 is 0 Å². The number of nitrogens with zero attached hydrogens (tertiary/aromatic N) is 2. The van der Waals surface area contributed by atoms with Crippen LogP contribution in [0.4, 0.5) is 5.69 Å². The molecule has 0 saturated heterocycles. The molecular formula is C10H11N3O.